The number of rotatable bonds is 6. The van der Waals surface area contributed by atoms with E-state index in [9.17, 15) is 9.59 Å². The van der Waals surface area contributed by atoms with E-state index in [0.717, 1.165) is 25.9 Å². The third-order valence-corrected chi connectivity index (χ3v) is 4.90. The van der Waals surface area contributed by atoms with Crippen molar-refractivity contribution in [3.05, 3.63) is 35.4 Å². The van der Waals surface area contributed by atoms with Gasteiger partial charge in [-0.3, -0.25) is 9.59 Å². The first-order valence-electron chi connectivity index (χ1n) is 8.84. The Morgan fingerprint density at radius 2 is 2.12 bits per heavy atom. The molecule has 24 heavy (non-hydrogen) atoms. The number of nitrogens with one attached hydrogen (secondary N) is 1. The lowest BCUT2D eigenvalue weighted by Gasteiger charge is -2.17. The van der Waals surface area contributed by atoms with Gasteiger partial charge in [0.2, 0.25) is 11.8 Å². The van der Waals surface area contributed by atoms with Gasteiger partial charge in [0.25, 0.3) is 0 Å². The molecule has 1 aromatic carbocycles. The summed E-state index contributed by atoms with van der Waals surface area (Å²) in [5.41, 5.74) is 2.46. The second-order valence-corrected chi connectivity index (χ2v) is 6.86. The zero-order valence-corrected chi connectivity index (χ0v) is 14.3. The molecular weight excluding hydrogens is 304 g/mol. The number of hydrogen-bond acceptors (Lipinski definition) is 3. The van der Waals surface area contributed by atoms with Crippen LogP contribution in [0, 0.1) is 12.8 Å². The van der Waals surface area contributed by atoms with E-state index in [4.69, 9.17) is 4.74 Å². The summed E-state index contributed by atoms with van der Waals surface area (Å²) in [5.74, 6) is -0.159. The Kier molecular flexibility index (Phi) is 5.51. The van der Waals surface area contributed by atoms with Crippen molar-refractivity contribution in [2.45, 2.75) is 38.7 Å². The molecule has 2 aliphatic rings. The first kappa shape index (κ1) is 17.0. The molecule has 1 aromatic rings. The maximum absolute atomic E-state index is 12.3. The third kappa shape index (κ3) is 4.35. The molecule has 130 valence electrons. The zero-order valence-electron chi connectivity index (χ0n) is 14.3. The van der Waals surface area contributed by atoms with Crippen molar-refractivity contribution in [3.8, 4) is 0 Å². The van der Waals surface area contributed by atoms with Gasteiger partial charge in [-0.05, 0) is 31.7 Å². The van der Waals surface area contributed by atoms with Gasteiger partial charge >= 0.3 is 0 Å². The highest BCUT2D eigenvalue weighted by molar-refractivity contribution is 5.89. The standard InChI is InChI=1S/C19H26N2O3/c1-14-4-6-15(7-5-14)8-9-21-13-16(11-18(21)22)19(23)20-12-17-3-2-10-24-17/h4-7,16-17H,2-3,8-13H2,1H3,(H,20,23)/t16-,17-/m0/s1. The zero-order chi connectivity index (χ0) is 16.9. The van der Waals surface area contributed by atoms with Crippen LogP contribution in [0.3, 0.4) is 0 Å². The summed E-state index contributed by atoms with van der Waals surface area (Å²) in [6.45, 7) is 4.62. The molecule has 0 aromatic heterocycles. The van der Waals surface area contributed by atoms with Crippen molar-refractivity contribution < 1.29 is 14.3 Å². The van der Waals surface area contributed by atoms with Crippen molar-refractivity contribution in [2.75, 3.05) is 26.2 Å². The van der Waals surface area contributed by atoms with Crippen molar-refractivity contribution in [1.82, 2.24) is 10.2 Å². The minimum absolute atomic E-state index is 0.0170. The second-order valence-electron chi connectivity index (χ2n) is 6.86. The molecule has 3 rings (SSSR count). The first-order chi connectivity index (χ1) is 11.6. The molecule has 0 aliphatic carbocycles. The fourth-order valence-electron chi connectivity index (χ4n) is 3.35. The topological polar surface area (TPSA) is 58.6 Å². The van der Waals surface area contributed by atoms with Crippen LogP contribution in [-0.2, 0) is 20.7 Å². The molecule has 2 amide bonds. The molecule has 2 heterocycles. The normalized spacial score (nSPS) is 23.7. The van der Waals surface area contributed by atoms with Crippen LogP contribution >= 0.6 is 0 Å². The average Bonchev–Trinajstić information content (AvgIpc) is 3.22. The Morgan fingerprint density at radius 1 is 1.33 bits per heavy atom. The first-order valence-corrected chi connectivity index (χ1v) is 8.84. The molecule has 0 saturated carbocycles. The van der Waals surface area contributed by atoms with E-state index in [0.29, 0.717) is 26.1 Å². The molecule has 2 atom stereocenters. The van der Waals surface area contributed by atoms with E-state index >= 15 is 0 Å². The largest absolute Gasteiger partial charge is 0.376 e. The van der Waals surface area contributed by atoms with Crippen LogP contribution in [0.4, 0.5) is 0 Å². The van der Waals surface area contributed by atoms with Crippen LogP contribution in [0.25, 0.3) is 0 Å². The lowest BCUT2D eigenvalue weighted by Crippen LogP contribution is -2.37. The van der Waals surface area contributed by atoms with E-state index in [1.165, 1.54) is 11.1 Å². The minimum atomic E-state index is -0.225. The molecule has 5 nitrogen and oxygen atoms in total. The number of amides is 2. The molecule has 1 N–H and O–H groups in total. The maximum atomic E-state index is 12.3. The predicted molar refractivity (Wildman–Crippen MR) is 91.6 cm³/mol. The van der Waals surface area contributed by atoms with Gasteiger partial charge in [-0.25, -0.2) is 0 Å². The van der Waals surface area contributed by atoms with Crippen molar-refractivity contribution in [1.29, 1.82) is 0 Å². The summed E-state index contributed by atoms with van der Waals surface area (Å²) in [4.78, 5) is 26.2. The molecule has 2 aliphatic heterocycles. The molecular formula is C19H26N2O3. The predicted octanol–water partition coefficient (Wildman–Crippen LogP) is 1.68. The summed E-state index contributed by atoms with van der Waals surface area (Å²) in [5, 5.41) is 2.94. The van der Waals surface area contributed by atoms with Crippen LogP contribution < -0.4 is 5.32 Å². The number of ether oxygens (including phenoxy) is 1. The van der Waals surface area contributed by atoms with E-state index in [-0.39, 0.29) is 23.8 Å². The molecule has 5 heteroatoms. The Morgan fingerprint density at radius 3 is 2.83 bits per heavy atom. The summed E-state index contributed by atoms with van der Waals surface area (Å²) in [6, 6.07) is 8.37. The number of hydrogen-bond donors (Lipinski definition) is 1. The summed E-state index contributed by atoms with van der Waals surface area (Å²) in [6.07, 6.45) is 3.37. The number of benzene rings is 1. The van der Waals surface area contributed by atoms with Gasteiger partial charge in [-0.1, -0.05) is 29.8 Å². The summed E-state index contributed by atoms with van der Waals surface area (Å²) in [7, 11) is 0. The van der Waals surface area contributed by atoms with E-state index in [2.05, 4.69) is 36.5 Å². The van der Waals surface area contributed by atoms with Crippen LogP contribution in [0.1, 0.15) is 30.4 Å². The van der Waals surface area contributed by atoms with Crippen LogP contribution in [0.2, 0.25) is 0 Å². The number of nitrogens with zero attached hydrogens (tertiary/aromatic N) is 1. The van der Waals surface area contributed by atoms with Crippen molar-refractivity contribution in [3.63, 3.8) is 0 Å². The number of aryl methyl sites for hydroxylation is 1. The Bertz CT molecular complexity index is 579. The fourth-order valence-corrected chi connectivity index (χ4v) is 3.35. The van der Waals surface area contributed by atoms with Crippen LogP contribution in [0.15, 0.2) is 24.3 Å². The third-order valence-electron chi connectivity index (χ3n) is 4.90. The van der Waals surface area contributed by atoms with Crippen LogP contribution in [0.5, 0.6) is 0 Å². The van der Waals surface area contributed by atoms with Gasteiger partial charge in [0.05, 0.1) is 12.0 Å². The highest BCUT2D eigenvalue weighted by atomic mass is 16.5. The van der Waals surface area contributed by atoms with Gasteiger partial charge in [-0.2, -0.15) is 0 Å². The van der Waals surface area contributed by atoms with Gasteiger partial charge in [0.1, 0.15) is 0 Å². The Labute approximate surface area is 143 Å². The second kappa shape index (κ2) is 7.79. The number of carbonyl (C=O) groups is 2. The van der Waals surface area contributed by atoms with E-state index in [1.54, 1.807) is 0 Å². The van der Waals surface area contributed by atoms with E-state index < -0.39 is 0 Å². The summed E-state index contributed by atoms with van der Waals surface area (Å²) >= 11 is 0. The molecule has 2 fully saturated rings. The molecule has 0 spiro atoms. The van der Waals surface area contributed by atoms with Gasteiger partial charge < -0.3 is 15.0 Å². The molecule has 0 unspecified atom stereocenters. The Balaban J connectivity index is 1.44. The van der Waals surface area contributed by atoms with Crippen LogP contribution in [-0.4, -0.2) is 49.1 Å². The molecule has 0 bridgehead atoms. The monoisotopic (exact) mass is 330 g/mol. The maximum Gasteiger partial charge on any atom is 0.225 e. The lowest BCUT2D eigenvalue weighted by molar-refractivity contribution is -0.129. The number of likely N-dealkylation sites (tertiary alicyclic amines) is 1. The SMILES string of the molecule is Cc1ccc(CCN2C[C@@H](C(=O)NC[C@@H]3CCCO3)CC2=O)cc1. The quantitative estimate of drug-likeness (QED) is 0.863. The van der Waals surface area contributed by atoms with Crippen molar-refractivity contribution in [2.24, 2.45) is 5.92 Å². The lowest BCUT2D eigenvalue weighted by atomic mass is 10.1. The van der Waals surface area contributed by atoms with Crippen molar-refractivity contribution >= 4 is 11.8 Å². The molecule has 2 saturated heterocycles. The smallest absolute Gasteiger partial charge is 0.225 e. The Hall–Kier alpha value is -1.88. The fraction of sp³-hybridized carbons (Fsp3) is 0.579. The highest BCUT2D eigenvalue weighted by Gasteiger charge is 2.34. The average molecular weight is 330 g/mol. The van der Waals surface area contributed by atoms with Gasteiger partial charge in [0, 0.05) is 32.7 Å². The minimum Gasteiger partial charge on any atom is -0.376 e. The van der Waals surface area contributed by atoms with Gasteiger partial charge in [0.15, 0.2) is 0 Å². The van der Waals surface area contributed by atoms with Gasteiger partial charge in [-0.15, -0.1) is 0 Å². The summed E-state index contributed by atoms with van der Waals surface area (Å²) < 4.78 is 5.51. The number of carbonyl (C=O) groups excluding carboxylic acids is 2. The molecule has 0 radical (unpaired) electrons. The van der Waals surface area contributed by atoms with E-state index in [1.807, 2.05) is 4.90 Å². The highest BCUT2D eigenvalue weighted by Crippen LogP contribution is 2.19.